The number of benzene rings is 1. The fourth-order valence-corrected chi connectivity index (χ4v) is 4.25. The van der Waals surface area contributed by atoms with E-state index in [2.05, 4.69) is 39.1 Å². The van der Waals surface area contributed by atoms with Crippen molar-refractivity contribution in [2.45, 2.75) is 35.7 Å². The van der Waals surface area contributed by atoms with Crippen LogP contribution in [0.1, 0.15) is 13.8 Å². The van der Waals surface area contributed by atoms with E-state index >= 15 is 0 Å². The first-order valence-corrected chi connectivity index (χ1v) is 9.51. The molecule has 1 aliphatic rings. The predicted molar refractivity (Wildman–Crippen MR) is 103 cm³/mol. The minimum atomic E-state index is 0.386. The molecular weight excluding hydrogens is 379 g/mol. The molecule has 2 heterocycles. The maximum Gasteiger partial charge on any atom is 0.204 e. The van der Waals surface area contributed by atoms with Crippen LogP contribution in [0.5, 0.6) is 0 Å². The summed E-state index contributed by atoms with van der Waals surface area (Å²) < 4.78 is 0. The van der Waals surface area contributed by atoms with E-state index in [0.717, 1.165) is 28.8 Å². The molecule has 1 fully saturated rings. The Bertz CT molecular complexity index is 815. The third-order valence-electron chi connectivity index (χ3n) is 3.89. The van der Waals surface area contributed by atoms with Crippen LogP contribution in [0.2, 0.25) is 10.0 Å². The molecule has 25 heavy (non-hydrogen) atoms. The normalized spacial score (nSPS) is 21.6. The highest BCUT2D eigenvalue weighted by atomic mass is 35.5. The lowest BCUT2D eigenvalue weighted by atomic mass is 10.1. The largest absolute Gasteiger partial charge is 0.339 e. The van der Waals surface area contributed by atoms with Gasteiger partial charge in [0.15, 0.2) is 5.49 Å². The zero-order valence-electron chi connectivity index (χ0n) is 14.0. The van der Waals surface area contributed by atoms with Crippen molar-refractivity contribution in [1.82, 2.24) is 15.3 Å². The van der Waals surface area contributed by atoms with Crippen molar-refractivity contribution in [2.75, 3.05) is 18.0 Å². The Hall–Kier alpha value is -1.41. The second kappa shape index (κ2) is 7.86. The van der Waals surface area contributed by atoms with Crippen LogP contribution < -0.4 is 21.5 Å². The van der Waals surface area contributed by atoms with Gasteiger partial charge in [-0.1, -0.05) is 41.0 Å². The minimum absolute atomic E-state index is 0.386. The van der Waals surface area contributed by atoms with Crippen molar-refractivity contribution in [2.24, 2.45) is 10.9 Å². The summed E-state index contributed by atoms with van der Waals surface area (Å²) in [6.45, 7) is 6.04. The first kappa shape index (κ1) is 18.4. The summed E-state index contributed by atoms with van der Waals surface area (Å²) in [5, 5.41) is 8.39. The van der Waals surface area contributed by atoms with E-state index in [4.69, 9.17) is 29.0 Å². The number of H-pyrrole nitrogens is 1. The van der Waals surface area contributed by atoms with Crippen molar-refractivity contribution in [3.63, 3.8) is 0 Å². The number of hydrogen-bond donors (Lipinski definition) is 3. The van der Waals surface area contributed by atoms with Gasteiger partial charge in [0.25, 0.3) is 0 Å². The lowest BCUT2D eigenvalue weighted by Gasteiger charge is -2.36. The molecule has 0 spiro atoms. The summed E-state index contributed by atoms with van der Waals surface area (Å²) in [7, 11) is 0. The van der Waals surface area contributed by atoms with Gasteiger partial charge in [-0.15, -0.1) is 0 Å². The van der Waals surface area contributed by atoms with Crippen LogP contribution in [0, 0.1) is 0 Å². The highest BCUT2D eigenvalue weighted by Gasteiger charge is 2.22. The molecule has 9 heteroatoms. The van der Waals surface area contributed by atoms with Gasteiger partial charge in [-0.2, -0.15) is 5.10 Å². The molecule has 134 valence electrons. The molecule has 1 aromatic heterocycles. The van der Waals surface area contributed by atoms with Crippen LogP contribution in [-0.4, -0.2) is 35.1 Å². The third kappa shape index (κ3) is 4.23. The molecule has 1 aliphatic heterocycles. The summed E-state index contributed by atoms with van der Waals surface area (Å²) in [6.07, 6.45) is 1.76. The molecule has 0 bridgehead atoms. The van der Waals surface area contributed by atoms with Crippen LogP contribution in [0.25, 0.3) is 0 Å². The van der Waals surface area contributed by atoms with Gasteiger partial charge in [-0.25, -0.2) is 4.98 Å². The number of piperazine rings is 1. The Balaban J connectivity index is 1.89. The third-order valence-corrected chi connectivity index (χ3v) is 5.90. The number of halogens is 2. The first-order chi connectivity index (χ1) is 12.0. The Morgan fingerprint density at radius 3 is 2.64 bits per heavy atom. The van der Waals surface area contributed by atoms with E-state index in [1.165, 1.54) is 11.8 Å². The summed E-state index contributed by atoms with van der Waals surface area (Å²) in [5.41, 5.74) is 0.560. The molecule has 2 unspecified atom stereocenters. The van der Waals surface area contributed by atoms with Gasteiger partial charge in [0, 0.05) is 36.3 Å². The van der Waals surface area contributed by atoms with E-state index < -0.39 is 0 Å². The van der Waals surface area contributed by atoms with Crippen LogP contribution in [0.15, 0.2) is 39.3 Å². The quantitative estimate of drug-likeness (QED) is 0.546. The Kier molecular flexibility index (Phi) is 5.78. The second-order valence-corrected chi connectivity index (χ2v) is 7.95. The molecule has 0 aliphatic carbocycles. The number of nitrogens with zero attached hydrogens (tertiary/aromatic N) is 3. The number of nitrogens with one attached hydrogen (secondary N) is 2. The van der Waals surface area contributed by atoms with Gasteiger partial charge in [-0.05, 0) is 26.0 Å². The fraction of sp³-hybridized carbons (Fsp3) is 0.375. The van der Waals surface area contributed by atoms with Gasteiger partial charge in [0.1, 0.15) is 0 Å². The van der Waals surface area contributed by atoms with E-state index in [1.807, 2.05) is 12.1 Å². The van der Waals surface area contributed by atoms with E-state index in [1.54, 1.807) is 12.3 Å². The zero-order chi connectivity index (χ0) is 18.0. The Morgan fingerprint density at radius 2 is 1.96 bits per heavy atom. The number of nitrogens with two attached hydrogens (primary N) is 1. The maximum absolute atomic E-state index is 6.26. The molecule has 4 N–H and O–H groups in total. The summed E-state index contributed by atoms with van der Waals surface area (Å²) in [6, 6.07) is 6.27. The van der Waals surface area contributed by atoms with E-state index in [0.29, 0.717) is 27.6 Å². The standard InChI is InChI=1S/C16H20Cl2N6S/c1-9-7-24(8-10(2)21-9)16-20-6-13(15(22-16)23-19)25-12-5-3-4-11(17)14(12)18/h3-6,9-10,21H,7-8,19H2,1-2H3,(H,20,22,23). The average molecular weight is 399 g/mol. The number of aromatic nitrogens is 2. The molecule has 2 aromatic rings. The van der Waals surface area contributed by atoms with Crippen LogP contribution >= 0.6 is 35.0 Å². The van der Waals surface area contributed by atoms with Crippen molar-refractivity contribution in [1.29, 1.82) is 0 Å². The Labute approximate surface area is 160 Å². The average Bonchev–Trinajstić information content (AvgIpc) is 2.58. The van der Waals surface area contributed by atoms with Gasteiger partial charge in [0.2, 0.25) is 5.95 Å². The van der Waals surface area contributed by atoms with Crippen molar-refractivity contribution < 1.29 is 0 Å². The van der Waals surface area contributed by atoms with E-state index in [-0.39, 0.29) is 0 Å². The van der Waals surface area contributed by atoms with Crippen molar-refractivity contribution in [3.05, 3.63) is 39.9 Å². The van der Waals surface area contributed by atoms with Gasteiger partial charge >= 0.3 is 0 Å². The molecule has 0 amide bonds. The van der Waals surface area contributed by atoms with Gasteiger partial charge in [0.05, 0.1) is 14.9 Å². The molecule has 0 radical (unpaired) electrons. The number of rotatable bonds is 3. The van der Waals surface area contributed by atoms with Crippen LogP contribution in [-0.2, 0) is 0 Å². The highest BCUT2D eigenvalue weighted by molar-refractivity contribution is 7.99. The Morgan fingerprint density at radius 1 is 1.24 bits per heavy atom. The maximum atomic E-state index is 6.26. The summed E-state index contributed by atoms with van der Waals surface area (Å²) >= 11 is 13.8. The molecular formula is C16H20Cl2N6S. The zero-order valence-corrected chi connectivity index (χ0v) is 16.3. The molecule has 1 aromatic carbocycles. The van der Waals surface area contributed by atoms with Crippen LogP contribution in [0.3, 0.4) is 0 Å². The predicted octanol–water partition coefficient (Wildman–Crippen LogP) is 2.83. The fourth-order valence-electron chi connectivity index (χ4n) is 2.89. The molecule has 6 nitrogen and oxygen atoms in total. The van der Waals surface area contributed by atoms with Gasteiger partial charge in [-0.3, -0.25) is 0 Å². The minimum Gasteiger partial charge on any atom is -0.339 e. The first-order valence-electron chi connectivity index (χ1n) is 7.94. The number of hydrogen-bond acceptors (Lipinski definition) is 6. The molecule has 0 saturated carbocycles. The summed E-state index contributed by atoms with van der Waals surface area (Å²) in [4.78, 5) is 11.6. The lowest BCUT2D eigenvalue weighted by Crippen LogP contribution is -2.55. The second-order valence-electron chi connectivity index (χ2n) is 6.08. The SMILES string of the molecule is CC1CN(c2ncc(Sc3cccc(Cl)c3Cl)/c(=N/N)[nH]2)CC(C)N1. The summed E-state index contributed by atoms with van der Waals surface area (Å²) in [5.74, 6) is 6.34. The van der Waals surface area contributed by atoms with Crippen LogP contribution in [0.4, 0.5) is 5.95 Å². The molecule has 3 rings (SSSR count). The highest BCUT2D eigenvalue weighted by Crippen LogP contribution is 2.35. The number of anilines is 1. The monoisotopic (exact) mass is 398 g/mol. The van der Waals surface area contributed by atoms with E-state index in [9.17, 15) is 0 Å². The smallest absolute Gasteiger partial charge is 0.204 e. The number of aromatic amines is 1. The molecule has 2 atom stereocenters. The van der Waals surface area contributed by atoms with Crippen molar-refractivity contribution in [3.8, 4) is 0 Å². The molecule has 1 saturated heterocycles. The van der Waals surface area contributed by atoms with Gasteiger partial charge < -0.3 is 21.0 Å². The topological polar surface area (TPSA) is 82.3 Å². The van der Waals surface area contributed by atoms with Crippen molar-refractivity contribution >= 4 is 40.9 Å². The lowest BCUT2D eigenvalue weighted by molar-refractivity contribution is 0.403.